The lowest BCUT2D eigenvalue weighted by molar-refractivity contribution is 0.468. The number of hydrogen-bond acceptors (Lipinski definition) is 0. The molecule has 0 amide bonds. The summed E-state index contributed by atoms with van der Waals surface area (Å²) in [7, 11) is -0.178. The van der Waals surface area contributed by atoms with Crippen LogP contribution in [-0.2, 0) is 0 Å². The van der Waals surface area contributed by atoms with E-state index in [2.05, 4.69) is 15.3 Å². The fourth-order valence-corrected chi connectivity index (χ4v) is 8.42. The van der Waals surface area contributed by atoms with Gasteiger partial charge in [0.1, 0.15) is 7.42 Å². The predicted octanol–water partition coefficient (Wildman–Crippen LogP) is 5.04. The van der Waals surface area contributed by atoms with Crippen LogP contribution in [0.4, 0.5) is 0 Å². The third-order valence-electron chi connectivity index (χ3n) is 3.99. The van der Waals surface area contributed by atoms with Gasteiger partial charge < -0.3 is 0 Å². The van der Waals surface area contributed by atoms with Crippen molar-refractivity contribution in [1.82, 2.24) is 0 Å². The monoisotopic (exact) mass is 273 g/mol. The predicted molar refractivity (Wildman–Crippen MR) is 68.4 cm³/mol. The fourth-order valence-electron chi connectivity index (χ4n) is 3.09. The van der Waals surface area contributed by atoms with Crippen LogP contribution in [0.5, 0.6) is 0 Å². The lowest BCUT2D eigenvalue weighted by Gasteiger charge is -2.32. The van der Waals surface area contributed by atoms with Gasteiger partial charge in [0.05, 0.1) is 0 Å². The molecule has 14 heavy (non-hydrogen) atoms. The Hall–Kier alpha value is 0.697. The van der Waals surface area contributed by atoms with Gasteiger partial charge in [-0.3, -0.25) is 0 Å². The van der Waals surface area contributed by atoms with Crippen LogP contribution >= 0.6 is 15.3 Å². The largest absolute Gasteiger partial charge is 0.141 e. The first-order chi connectivity index (χ1) is 6.88. The molecule has 2 rings (SSSR count). The van der Waals surface area contributed by atoms with Gasteiger partial charge in [-0.15, -0.1) is 15.3 Å². The second-order valence-electron chi connectivity index (χ2n) is 5.05. The van der Waals surface area contributed by atoms with Crippen molar-refractivity contribution in [2.75, 3.05) is 0 Å². The van der Waals surface area contributed by atoms with Crippen molar-refractivity contribution in [3.63, 3.8) is 0 Å². The molecule has 0 saturated heterocycles. The summed E-state index contributed by atoms with van der Waals surface area (Å²) in [5.41, 5.74) is 2.22. The maximum Gasteiger partial charge on any atom is 0.141 e. The van der Waals surface area contributed by atoms with Gasteiger partial charge in [-0.05, 0) is 11.1 Å². The number of rotatable bonds is 2. The van der Waals surface area contributed by atoms with Crippen LogP contribution in [0.2, 0.25) is 11.1 Å². The van der Waals surface area contributed by atoms with E-state index in [0.717, 1.165) is 11.1 Å². The van der Waals surface area contributed by atoms with Crippen molar-refractivity contribution < 1.29 is 0 Å². The number of hydrogen-bond donors (Lipinski definition) is 0. The Kier molecular flexibility index (Phi) is 4.55. The summed E-state index contributed by atoms with van der Waals surface area (Å²) in [6.07, 6.45) is 15.2. The molecular formula is C12H22BrSi. The molecule has 0 atom stereocenters. The molecule has 0 aromatic carbocycles. The first-order valence-electron chi connectivity index (χ1n) is 6.40. The smallest absolute Gasteiger partial charge is 0.128 e. The van der Waals surface area contributed by atoms with E-state index in [4.69, 9.17) is 0 Å². The molecule has 2 saturated carbocycles. The van der Waals surface area contributed by atoms with Crippen molar-refractivity contribution in [2.24, 2.45) is 0 Å². The van der Waals surface area contributed by atoms with Gasteiger partial charge >= 0.3 is 0 Å². The molecule has 0 nitrogen and oxygen atoms in total. The van der Waals surface area contributed by atoms with Gasteiger partial charge in [-0.25, -0.2) is 0 Å². The zero-order valence-electron chi connectivity index (χ0n) is 9.10. The lowest BCUT2D eigenvalue weighted by Crippen LogP contribution is -2.24. The highest BCUT2D eigenvalue weighted by molar-refractivity contribution is 9.24. The third-order valence-corrected chi connectivity index (χ3v) is 10.6. The minimum Gasteiger partial charge on any atom is -0.128 e. The summed E-state index contributed by atoms with van der Waals surface area (Å²) >= 11 is 4.10. The van der Waals surface area contributed by atoms with Crippen molar-refractivity contribution in [2.45, 2.75) is 75.3 Å². The molecule has 2 fully saturated rings. The van der Waals surface area contributed by atoms with Crippen LogP contribution in [0.3, 0.4) is 0 Å². The number of halogens is 1. The molecule has 0 aliphatic heterocycles. The van der Waals surface area contributed by atoms with Crippen molar-refractivity contribution in [3.05, 3.63) is 0 Å². The second kappa shape index (κ2) is 5.69. The minimum absolute atomic E-state index is 0.178. The highest BCUT2D eigenvalue weighted by Gasteiger charge is 2.31. The van der Waals surface area contributed by atoms with E-state index < -0.39 is 0 Å². The van der Waals surface area contributed by atoms with E-state index in [0.29, 0.717) is 0 Å². The molecule has 0 N–H and O–H groups in total. The Balaban J connectivity index is 1.82. The van der Waals surface area contributed by atoms with Crippen LogP contribution in [-0.4, -0.2) is 7.42 Å². The van der Waals surface area contributed by atoms with Crippen LogP contribution in [0.15, 0.2) is 0 Å². The molecular weight excluding hydrogens is 252 g/mol. The van der Waals surface area contributed by atoms with Crippen molar-refractivity contribution in [1.29, 1.82) is 0 Å². The summed E-state index contributed by atoms with van der Waals surface area (Å²) < 4.78 is 0. The van der Waals surface area contributed by atoms with E-state index in [-0.39, 0.29) is 7.42 Å². The standard InChI is InChI=1S/C12H22BrSi/c13-14(11-7-3-1-4-8-11)12-9-5-2-6-10-12/h11-12H,1-10H2. The van der Waals surface area contributed by atoms with Gasteiger partial charge in [-0.1, -0.05) is 64.2 Å². The molecule has 0 heterocycles. The molecule has 0 aromatic heterocycles. The Labute approximate surface area is 98.0 Å². The summed E-state index contributed by atoms with van der Waals surface area (Å²) in [5, 5.41) is 0. The van der Waals surface area contributed by atoms with Gasteiger partial charge in [0.2, 0.25) is 0 Å². The highest BCUT2D eigenvalue weighted by atomic mass is 79.9. The van der Waals surface area contributed by atoms with Crippen molar-refractivity contribution >= 4 is 22.7 Å². The summed E-state index contributed by atoms with van der Waals surface area (Å²) in [6.45, 7) is 0. The first kappa shape index (κ1) is 11.2. The summed E-state index contributed by atoms with van der Waals surface area (Å²) in [6, 6.07) is 0. The van der Waals surface area contributed by atoms with Crippen LogP contribution < -0.4 is 0 Å². The van der Waals surface area contributed by atoms with Gasteiger partial charge in [0, 0.05) is 0 Å². The van der Waals surface area contributed by atoms with Crippen LogP contribution in [0, 0.1) is 0 Å². The average molecular weight is 274 g/mol. The zero-order valence-corrected chi connectivity index (χ0v) is 11.7. The summed E-state index contributed by atoms with van der Waals surface area (Å²) in [4.78, 5) is 0. The van der Waals surface area contributed by atoms with E-state index in [1.807, 2.05) is 0 Å². The molecule has 0 spiro atoms. The second-order valence-corrected chi connectivity index (χ2v) is 10.2. The molecule has 0 aromatic rings. The quantitative estimate of drug-likeness (QED) is 0.488. The Morgan fingerprint density at radius 1 is 0.643 bits per heavy atom. The Bertz CT molecular complexity index is 142. The lowest BCUT2D eigenvalue weighted by atomic mass is 9.99. The maximum absolute atomic E-state index is 4.10. The molecule has 81 valence electrons. The molecule has 2 aliphatic carbocycles. The summed E-state index contributed by atoms with van der Waals surface area (Å²) in [5.74, 6) is 0. The molecule has 0 unspecified atom stereocenters. The van der Waals surface area contributed by atoms with Gasteiger partial charge in [0.15, 0.2) is 0 Å². The van der Waals surface area contributed by atoms with E-state index >= 15 is 0 Å². The Morgan fingerprint density at radius 2 is 1.00 bits per heavy atom. The van der Waals surface area contributed by atoms with E-state index in [9.17, 15) is 0 Å². The van der Waals surface area contributed by atoms with Gasteiger partial charge in [0.25, 0.3) is 0 Å². The normalized spacial score (nSPS) is 27.0. The van der Waals surface area contributed by atoms with E-state index in [1.54, 1.807) is 0 Å². The van der Waals surface area contributed by atoms with E-state index in [1.165, 1.54) is 64.2 Å². The molecule has 2 aliphatic rings. The Morgan fingerprint density at radius 3 is 1.36 bits per heavy atom. The minimum atomic E-state index is -0.178. The molecule has 0 bridgehead atoms. The SMILES string of the molecule is Br[Si](C1CCCCC1)C1CCCCC1. The fraction of sp³-hybridized carbons (Fsp3) is 1.00. The maximum atomic E-state index is 4.10. The first-order valence-corrected chi connectivity index (χ1v) is 10.3. The zero-order chi connectivity index (χ0) is 9.80. The topological polar surface area (TPSA) is 0 Å². The van der Waals surface area contributed by atoms with Crippen molar-refractivity contribution in [3.8, 4) is 0 Å². The average Bonchev–Trinajstić information content (AvgIpc) is 2.30. The molecule has 1 radical (unpaired) electrons. The van der Waals surface area contributed by atoms with Crippen LogP contribution in [0.25, 0.3) is 0 Å². The molecule has 2 heteroatoms. The third kappa shape index (κ3) is 2.85. The van der Waals surface area contributed by atoms with Crippen LogP contribution in [0.1, 0.15) is 64.2 Å². The van der Waals surface area contributed by atoms with Gasteiger partial charge in [-0.2, -0.15) is 0 Å². The highest BCUT2D eigenvalue weighted by Crippen LogP contribution is 2.43.